The molecule has 0 aliphatic heterocycles. The van der Waals surface area contributed by atoms with Gasteiger partial charge in [-0.15, -0.1) is 0 Å². The summed E-state index contributed by atoms with van der Waals surface area (Å²) < 4.78 is 5.21. The third-order valence-electron chi connectivity index (χ3n) is 4.13. The molecule has 0 fully saturated rings. The second kappa shape index (κ2) is 9.96. The summed E-state index contributed by atoms with van der Waals surface area (Å²) in [5.41, 5.74) is 0.531. The Bertz CT molecular complexity index is 760. The number of carbonyl (C=O) groups excluding carboxylic acids is 3. The lowest BCUT2D eigenvalue weighted by Crippen LogP contribution is -2.53. The molecule has 0 radical (unpaired) electrons. The molecule has 1 unspecified atom stereocenters. The zero-order valence-electron chi connectivity index (χ0n) is 19.8. The number of nitrogens with zero attached hydrogens (tertiary/aromatic N) is 1. The molecule has 0 heterocycles. The highest BCUT2D eigenvalue weighted by Gasteiger charge is 2.35. The van der Waals surface area contributed by atoms with Crippen molar-refractivity contribution >= 4 is 17.9 Å². The molecule has 168 valence electrons. The van der Waals surface area contributed by atoms with E-state index < -0.39 is 23.3 Å². The molecule has 1 rings (SSSR count). The van der Waals surface area contributed by atoms with Crippen LogP contribution >= 0.6 is 0 Å². The first-order valence-corrected chi connectivity index (χ1v) is 10.3. The molecule has 0 aliphatic rings. The SMILES string of the molecule is Cc1ccccc1C(C(=O)NC(C)(C)C)N(C(=O)CNC(=O)OC(C)(C)C)C(C)C. The number of ether oxygens (including phenoxy) is 1. The normalized spacial score (nSPS) is 12.9. The van der Waals surface area contributed by atoms with Crippen LogP contribution in [0.15, 0.2) is 24.3 Å². The molecule has 0 bridgehead atoms. The van der Waals surface area contributed by atoms with E-state index >= 15 is 0 Å². The highest BCUT2D eigenvalue weighted by atomic mass is 16.6. The Kier molecular flexibility index (Phi) is 8.45. The predicted octanol–water partition coefficient (Wildman–Crippen LogP) is 3.71. The largest absolute Gasteiger partial charge is 0.444 e. The fourth-order valence-electron chi connectivity index (χ4n) is 3.03. The minimum absolute atomic E-state index is 0.266. The van der Waals surface area contributed by atoms with Crippen molar-refractivity contribution < 1.29 is 19.1 Å². The van der Waals surface area contributed by atoms with E-state index in [-0.39, 0.29) is 24.4 Å². The smallest absolute Gasteiger partial charge is 0.408 e. The van der Waals surface area contributed by atoms with E-state index in [1.54, 1.807) is 20.8 Å². The fourth-order valence-corrected chi connectivity index (χ4v) is 3.03. The molecule has 7 nitrogen and oxygen atoms in total. The Morgan fingerprint density at radius 2 is 1.60 bits per heavy atom. The van der Waals surface area contributed by atoms with Crippen molar-refractivity contribution in [3.05, 3.63) is 35.4 Å². The van der Waals surface area contributed by atoms with Gasteiger partial charge in [-0.25, -0.2) is 4.79 Å². The van der Waals surface area contributed by atoms with Crippen LogP contribution in [0.3, 0.4) is 0 Å². The number of rotatable bonds is 6. The predicted molar refractivity (Wildman–Crippen MR) is 118 cm³/mol. The lowest BCUT2D eigenvalue weighted by molar-refractivity contribution is -0.142. The van der Waals surface area contributed by atoms with Crippen LogP contribution in [0.25, 0.3) is 0 Å². The maximum atomic E-state index is 13.3. The maximum absolute atomic E-state index is 13.3. The van der Waals surface area contributed by atoms with Gasteiger partial charge >= 0.3 is 6.09 Å². The van der Waals surface area contributed by atoms with Crippen LogP contribution in [0.5, 0.6) is 0 Å². The number of aryl methyl sites for hydroxylation is 1. The summed E-state index contributed by atoms with van der Waals surface area (Å²) in [5.74, 6) is -0.635. The topological polar surface area (TPSA) is 87.7 Å². The van der Waals surface area contributed by atoms with Crippen molar-refractivity contribution in [3.63, 3.8) is 0 Å². The van der Waals surface area contributed by atoms with Gasteiger partial charge in [0.2, 0.25) is 11.8 Å². The molecule has 0 saturated carbocycles. The first kappa shape index (κ1) is 25.5. The standard InChI is InChI=1S/C23H37N3O4/c1-15(2)26(18(27)14-24-21(29)30-23(7,8)9)19(20(28)25-22(4,5)6)17-13-11-10-12-16(17)3/h10-13,15,19H,14H2,1-9H3,(H,24,29)(H,25,28). The Morgan fingerprint density at radius 1 is 1.03 bits per heavy atom. The Morgan fingerprint density at radius 3 is 2.07 bits per heavy atom. The highest BCUT2D eigenvalue weighted by molar-refractivity contribution is 5.91. The van der Waals surface area contributed by atoms with Gasteiger partial charge < -0.3 is 20.3 Å². The third kappa shape index (κ3) is 8.05. The van der Waals surface area contributed by atoms with Crippen LogP contribution in [-0.4, -0.2) is 46.5 Å². The minimum Gasteiger partial charge on any atom is -0.444 e. The number of nitrogens with one attached hydrogen (secondary N) is 2. The van der Waals surface area contributed by atoms with Gasteiger partial charge in [0.15, 0.2) is 0 Å². The average Bonchev–Trinajstić information content (AvgIpc) is 2.54. The summed E-state index contributed by atoms with van der Waals surface area (Å²) in [6, 6.07) is 6.41. The van der Waals surface area contributed by atoms with E-state index in [2.05, 4.69) is 10.6 Å². The van der Waals surface area contributed by atoms with Crippen molar-refractivity contribution in [1.29, 1.82) is 0 Å². The van der Waals surface area contributed by atoms with Crippen LogP contribution in [0, 0.1) is 6.92 Å². The molecule has 0 spiro atoms. The van der Waals surface area contributed by atoms with E-state index in [9.17, 15) is 14.4 Å². The van der Waals surface area contributed by atoms with Crippen LogP contribution < -0.4 is 10.6 Å². The molecule has 30 heavy (non-hydrogen) atoms. The van der Waals surface area contributed by atoms with Gasteiger partial charge in [0.05, 0.1) is 0 Å². The third-order valence-corrected chi connectivity index (χ3v) is 4.13. The lowest BCUT2D eigenvalue weighted by Gasteiger charge is -2.37. The summed E-state index contributed by atoms with van der Waals surface area (Å²) in [4.78, 5) is 39.9. The van der Waals surface area contributed by atoms with Gasteiger partial charge in [-0.2, -0.15) is 0 Å². The molecule has 1 atom stereocenters. The number of carbonyl (C=O) groups is 3. The van der Waals surface area contributed by atoms with Crippen molar-refractivity contribution in [2.45, 2.75) is 85.5 Å². The minimum atomic E-state index is -0.821. The van der Waals surface area contributed by atoms with Crippen molar-refractivity contribution in [1.82, 2.24) is 15.5 Å². The van der Waals surface area contributed by atoms with Gasteiger partial charge in [0.1, 0.15) is 18.2 Å². The Hall–Kier alpha value is -2.57. The number of alkyl carbamates (subject to hydrolysis) is 1. The van der Waals surface area contributed by atoms with E-state index in [1.165, 1.54) is 4.90 Å². The molecule has 1 aromatic carbocycles. The first-order chi connectivity index (χ1) is 13.6. The van der Waals surface area contributed by atoms with Crippen molar-refractivity contribution in [3.8, 4) is 0 Å². The van der Waals surface area contributed by atoms with Crippen molar-refractivity contribution in [2.75, 3.05) is 6.54 Å². The van der Waals surface area contributed by atoms with Gasteiger partial charge in [0.25, 0.3) is 0 Å². The molecule has 2 N–H and O–H groups in total. The number of hydrogen-bond acceptors (Lipinski definition) is 4. The monoisotopic (exact) mass is 419 g/mol. The number of hydrogen-bond donors (Lipinski definition) is 2. The van der Waals surface area contributed by atoms with E-state index in [0.717, 1.165) is 11.1 Å². The van der Waals surface area contributed by atoms with E-state index in [0.29, 0.717) is 0 Å². The molecule has 7 heteroatoms. The van der Waals surface area contributed by atoms with Gasteiger partial charge in [-0.3, -0.25) is 9.59 Å². The quantitative estimate of drug-likeness (QED) is 0.736. The zero-order chi connectivity index (χ0) is 23.3. The van der Waals surface area contributed by atoms with Gasteiger partial charge in [0, 0.05) is 11.6 Å². The highest BCUT2D eigenvalue weighted by Crippen LogP contribution is 2.27. The summed E-state index contributed by atoms with van der Waals surface area (Å²) in [6.45, 7) is 16.3. The second-order valence-corrected chi connectivity index (χ2v) is 9.75. The zero-order valence-corrected chi connectivity index (χ0v) is 19.8. The fraction of sp³-hybridized carbons (Fsp3) is 0.609. The van der Waals surface area contributed by atoms with E-state index in [4.69, 9.17) is 4.74 Å². The van der Waals surface area contributed by atoms with Crippen LogP contribution in [0.1, 0.15) is 72.6 Å². The Balaban J connectivity index is 3.21. The molecule has 0 aromatic heterocycles. The van der Waals surface area contributed by atoms with Crippen molar-refractivity contribution in [2.24, 2.45) is 0 Å². The van der Waals surface area contributed by atoms with Gasteiger partial charge in [-0.05, 0) is 73.4 Å². The molecule has 3 amide bonds. The number of benzene rings is 1. The summed E-state index contributed by atoms with van der Waals surface area (Å²) in [5, 5.41) is 5.48. The summed E-state index contributed by atoms with van der Waals surface area (Å²) in [6.07, 6.45) is -0.675. The molecule has 0 aliphatic carbocycles. The summed E-state index contributed by atoms with van der Waals surface area (Å²) >= 11 is 0. The molecular weight excluding hydrogens is 382 g/mol. The lowest BCUT2D eigenvalue weighted by atomic mass is 9.96. The van der Waals surface area contributed by atoms with Crippen LogP contribution in [-0.2, 0) is 14.3 Å². The second-order valence-electron chi connectivity index (χ2n) is 9.75. The molecular formula is C23H37N3O4. The number of amides is 3. The molecule has 0 saturated heterocycles. The average molecular weight is 420 g/mol. The summed E-state index contributed by atoms with van der Waals surface area (Å²) in [7, 11) is 0. The van der Waals surface area contributed by atoms with Gasteiger partial charge in [-0.1, -0.05) is 24.3 Å². The molecule has 1 aromatic rings. The Labute approximate surface area is 180 Å². The van der Waals surface area contributed by atoms with Crippen LogP contribution in [0.4, 0.5) is 4.79 Å². The maximum Gasteiger partial charge on any atom is 0.408 e. The van der Waals surface area contributed by atoms with Crippen LogP contribution in [0.2, 0.25) is 0 Å². The first-order valence-electron chi connectivity index (χ1n) is 10.3. The van der Waals surface area contributed by atoms with E-state index in [1.807, 2.05) is 65.8 Å².